The lowest BCUT2D eigenvalue weighted by Gasteiger charge is -2.34. The van der Waals surface area contributed by atoms with Crippen LogP contribution in [0, 0.1) is 29.0 Å². The Morgan fingerprint density at radius 1 is 0.927 bits per heavy atom. The Morgan fingerprint density at radius 2 is 1.51 bits per heavy atom. The van der Waals surface area contributed by atoms with E-state index >= 15 is 0 Å². The summed E-state index contributed by atoms with van der Waals surface area (Å²) in [5.74, 6) is -0.363. The minimum Gasteiger partial charge on any atom is -0.466 e. The Kier molecular flexibility index (Phi) is 10.1. The molecule has 41 heavy (non-hydrogen) atoms. The van der Waals surface area contributed by atoms with Gasteiger partial charge in [-0.3, -0.25) is 0 Å². The first kappa shape index (κ1) is 30.2. The van der Waals surface area contributed by atoms with E-state index < -0.39 is 23.5 Å². The molecule has 2 unspecified atom stereocenters. The van der Waals surface area contributed by atoms with E-state index in [0.717, 1.165) is 63.4 Å². The van der Waals surface area contributed by atoms with Crippen LogP contribution in [0.3, 0.4) is 0 Å². The molecule has 0 N–H and O–H groups in total. The second-order valence-corrected chi connectivity index (χ2v) is 10.7. The molecule has 9 heteroatoms. The summed E-state index contributed by atoms with van der Waals surface area (Å²) in [6.45, 7) is 2.90. The molecule has 0 aliphatic carbocycles. The lowest BCUT2D eigenvalue weighted by Crippen LogP contribution is -2.37. The molecule has 2 heterocycles. The average Bonchev–Trinajstić information content (AvgIpc) is 3.36. The zero-order chi connectivity index (χ0) is 29.4. The summed E-state index contributed by atoms with van der Waals surface area (Å²) in [5, 5.41) is 8.78. The van der Waals surface area contributed by atoms with Gasteiger partial charge in [0.25, 0.3) is 0 Å². The maximum Gasteiger partial charge on any atom is 0.417 e. The van der Waals surface area contributed by atoms with Crippen molar-refractivity contribution in [3.63, 3.8) is 0 Å². The molecule has 0 saturated carbocycles. The highest BCUT2D eigenvalue weighted by molar-refractivity contribution is 5.87. The van der Waals surface area contributed by atoms with Crippen molar-refractivity contribution in [2.75, 3.05) is 43.1 Å². The minimum absolute atomic E-state index is 0.0207. The highest BCUT2D eigenvalue weighted by Crippen LogP contribution is 2.38. The number of benzene rings is 2. The average molecular weight is 570 g/mol. The Balaban J connectivity index is 1.53. The molecule has 2 aromatic rings. The van der Waals surface area contributed by atoms with E-state index in [4.69, 9.17) is 5.26 Å². The zero-order valence-corrected chi connectivity index (χ0v) is 23.2. The first-order chi connectivity index (χ1) is 19.7. The molecule has 2 fully saturated rings. The van der Waals surface area contributed by atoms with Crippen LogP contribution < -0.4 is 9.80 Å². The first-order valence-corrected chi connectivity index (χ1v) is 14.0. The van der Waals surface area contributed by atoms with Gasteiger partial charge in [0, 0.05) is 55.3 Å². The monoisotopic (exact) mass is 569 g/mol. The van der Waals surface area contributed by atoms with Gasteiger partial charge in [0.2, 0.25) is 0 Å². The van der Waals surface area contributed by atoms with Gasteiger partial charge in [-0.2, -0.15) is 18.4 Å². The lowest BCUT2D eigenvalue weighted by atomic mass is 9.85. The number of nitrogens with zero attached hydrogens (tertiary/aromatic N) is 3. The SMILES string of the molecule is COC(=O)C=Cc1ccc(N2CCCCC(C3CCCCN(c4ccc(C=CC#N)c(C(F)(F)F)c4)C3)C2)cc1F. The van der Waals surface area contributed by atoms with Crippen LogP contribution in [0.15, 0.2) is 48.6 Å². The number of allylic oxidation sites excluding steroid dienone is 1. The van der Waals surface area contributed by atoms with E-state index in [2.05, 4.69) is 14.5 Å². The largest absolute Gasteiger partial charge is 0.466 e. The smallest absolute Gasteiger partial charge is 0.417 e. The number of esters is 1. The molecule has 2 aliphatic heterocycles. The van der Waals surface area contributed by atoms with Crippen LogP contribution in [-0.4, -0.2) is 39.3 Å². The Hall–Kier alpha value is -3.80. The third-order valence-electron chi connectivity index (χ3n) is 8.08. The van der Waals surface area contributed by atoms with Crippen molar-refractivity contribution in [3.05, 3.63) is 71.1 Å². The molecule has 2 saturated heterocycles. The van der Waals surface area contributed by atoms with Gasteiger partial charge < -0.3 is 14.5 Å². The van der Waals surface area contributed by atoms with Crippen molar-refractivity contribution in [1.29, 1.82) is 5.26 Å². The number of ether oxygens (including phenoxy) is 1. The van der Waals surface area contributed by atoms with Crippen LogP contribution in [-0.2, 0) is 15.7 Å². The fourth-order valence-electron chi connectivity index (χ4n) is 5.92. The van der Waals surface area contributed by atoms with Gasteiger partial charge in [-0.05, 0) is 85.6 Å². The van der Waals surface area contributed by atoms with Crippen LogP contribution in [0.5, 0.6) is 0 Å². The van der Waals surface area contributed by atoms with E-state index in [1.54, 1.807) is 18.2 Å². The number of carbonyl (C=O) groups excluding carboxylic acids is 1. The van der Waals surface area contributed by atoms with Crippen molar-refractivity contribution >= 4 is 29.5 Å². The molecule has 2 atom stereocenters. The molecule has 4 rings (SSSR count). The van der Waals surface area contributed by atoms with Gasteiger partial charge >= 0.3 is 12.1 Å². The number of carbonyl (C=O) groups is 1. The quantitative estimate of drug-likeness (QED) is 0.156. The summed E-state index contributed by atoms with van der Waals surface area (Å²) in [7, 11) is 1.27. The maximum atomic E-state index is 14.9. The van der Waals surface area contributed by atoms with Gasteiger partial charge in [-0.15, -0.1) is 0 Å². The topological polar surface area (TPSA) is 56.6 Å². The summed E-state index contributed by atoms with van der Waals surface area (Å²) in [4.78, 5) is 15.7. The number of methoxy groups -OCH3 is 1. The molecular formula is C32H35F4N3O2. The van der Waals surface area contributed by atoms with Crippen molar-refractivity contribution < 1.29 is 27.1 Å². The number of rotatable bonds is 6. The third-order valence-corrected chi connectivity index (χ3v) is 8.08. The van der Waals surface area contributed by atoms with Crippen LogP contribution in [0.2, 0.25) is 0 Å². The molecular weight excluding hydrogens is 534 g/mol. The molecule has 218 valence electrons. The molecule has 2 aromatic carbocycles. The standard InChI is InChI=1S/C32H35F4N3O2/c1-41-31(40)15-12-24-11-14-28(20-30(24)33)39-18-5-3-8-26(22-39)25-7-2-4-17-38(21-25)27-13-10-23(9-6-16-37)29(19-27)32(34,35)36/h6,9-15,19-20,25-26H,2-5,7-8,17-18,21-22H2,1H3. The Labute approximate surface area is 238 Å². The van der Waals surface area contributed by atoms with E-state index in [9.17, 15) is 22.4 Å². The number of hydrogen-bond donors (Lipinski definition) is 0. The second kappa shape index (κ2) is 13.7. The van der Waals surface area contributed by atoms with Gasteiger partial charge in [0.1, 0.15) is 5.82 Å². The molecule has 0 spiro atoms. The lowest BCUT2D eigenvalue weighted by molar-refractivity contribution is -0.137. The van der Waals surface area contributed by atoms with E-state index in [1.165, 1.54) is 43.5 Å². The van der Waals surface area contributed by atoms with Crippen molar-refractivity contribution in [2.45, 2.75) is 44.7 Å². The van der Waals surface area contributed by atoms with Crippen LogP contribution in [0.4, 0.5) is 28.9 Å². The van der Waals surface area contributed by atoms with Gasteiger partial charge in [-0.25, -0.2) is 9.18 Å². The predicted molar refractivity (Wildman–Crippen MR) is 153 cm³/mol. The fraction of sp³-hybridized carbons (Fsp3) is 0.438. The molecule has 0 radical (unpaired) electrons. The van der Waals surface area contributed by atoms with Crippen LogP contribution >= 0.6 is 0 Å². The normalized spacial score (nSPS) is 20.6. The van der Waals surface area contributed by atoms with Crippen molar-refractivity contribution in [2.24, 2.45) is 11.8 Å². The highest BCUT2D eigenvalue weighted by Gasteiger charge is 2.34. The van der Waals surface area contributed by atoms with Crippen molar-refractivity contribution in [3.8, 4) is 6.07 Å². The summed E-state index contributed by atoms with van der Waals surface area (Å²) in [6.07, 6.45) is 6.24. The first-order valence-electron chi connectivity index (χ1n) is 14.0. The van der Waals surface area contributed by atoms with Crippen molar-refractivity contribution in [1.82, 2.24) is 0 Å². The number of halogens is 4. The van der Waals surface area contributed by atoms with E-state index in [-0.39, 0.29) is 11.5 Å². The highest BCUT2D eigenvalue weighted by atomic mass is 19.4. The number of hydrogen-bond acceptors (Lipinski definition) is 5. The third kappa shape index (κ3) is 7.90. The maximum absolute atomic E-state index is 14.9. The minimum atomic E-state index is -4.53. The Morgan fingerprint density at radius 3 is 2.05 bits per heavy atom. The van der Waals surface area contributed by atoms with E-state index in [0.29, 0.717) is 30.3 Å². The summed E-state index contributed by atoms with van der Waals surface area (Å²) < 4.78 is 61.1. The summed E-state index contributed by atoms with van der Waals surface area (Å²) in [6, 6.07) is 11.1. The molecule has 0 bridgehead atoms. The van der Waals surface area contributed by atoms with E-state index in [1.807, 2.05) is 6.07 Å². The second-order valence-electron chi connectivity index (χ2n) is 10.7. The van der Waals surface area contributed by atoms with Gasteiger partial charge in [0.05, 0.1) is 18.7 Å². The summed E-state index contributed by atoms with van der Waals surface area (Å²) in [5.41, 5.74) is 0.868. The van der Waals surface area contributed by atoms with Crippen LogP contribution in [0.25, 0.3) is 12.2 Å². The molecule has 0 aromatic heterocycles. The van der Waals surface area contributed by atoms with Crippen LogP contribution in [0.1, 0.15) is 55.2 Å². The Bertz CT molecular complexity index is 1310. The fourth-order valence-corrected chi connectivity index (χ4v) is 5.92. The molecule has 0 amide bonds. The number of anilines is 2. The number of alkyl halides is 3. The molecule has 2 aliphatic rings. The summed E-state index contributed by atoms with van der Waals surface area (Å²) >= 11 is 0. The zero-order valence-electron chi connectivity index (χ0n) is 23.2. The van der Waals surface area contributed by atoms with Gasteiger partial charge in [-0.1, -0.05) is 18.9 Å². The molecule has 5 nitrogen and oxygen atoms in total. The predicted octanol–water partition coefficient (Wildman–Crippen LogP) is 7.48. The van der Waals surface area contributed by atoms with Gasteiger partial charge in [0.15, 0.2) is 0 Å². The number of nitriles is 1.